The minimum Gasteiger partial charge on any atom is -0.292 e. The number of aryl methyl sites for hydroxylation is 1. The van der Waals surface area contributed by atoms with Gasteiger partial charge < -0.3 is 0 Å². The Morgan fingerprint density at radius 1 is 1.29 bits per heavy atom. The number of carbonyl (C=O) groups is 1. The third-order valence-electron chi connectivity index (χ3n) is 3.55. The van der Waals surface area contributed by atoms with Gasteiger partial charge in [-0.15, -0.1) is 0 Å². The van der Waals surface area contributed by atoms with Crippen LogP contribution in [-0.2, 0) is 19.5 Å². The van der Waals surface area contributed by atoms with E-state index in [1.54, 1.807) is 0 Å². The summed E-state index contributed by atoms with van der Waals surface area (Å²) in [6, 6.07) is 2.66. The lowest BCUT2D eigenvalue weighted by molar-refractivity contribution is 0.0961. The first-order valence-electron chi connectivity index (χ1n) is 6.71. The molecule has 0 fully saturated rings. The molecule has 2 heterocycles. The molecule has 1 aromatic heterocycles. The maximum atomic E-state index is 13.5. The third kappa shape index (κ3) is 2.51. The standard InChI is InChI=1S/C14H13F2N3O2/c15-9-4-5-11(16)10(7-9)12(20)8-19-14(21)18-6-2-1-3-13(18)17-19/h4-5,7H,1-3,6,8H2. The van der Waals surface area contributed by atoms with Crippen molar-refractivity contribution in [2.75, 3.05) is 0 Å². The van der Waals surface area contributed by atoms with Crippen molar-refractivity contribution in [2.45, 2.75) is 32.4 Å². The lowest BCUT2D eigenvalue weighted by Crippen LogP contribution is -2.29. The molecule has 21 heavy (non-hydrogen) atoms. The highest BCUT2D eigenvalue weighted by atomic mass is 19.1. The van der Waals surface area contributed by atoms with E-state index in [0.29, 0.717) is 18.8 Å². The lowest BCUT2D eigenvalue weighted by atomic mass is 10.1. The summed E-state index contributed by atoms with van der Waals surface area (Å²) in [5.74, 6) is -1.54. The van der Waals surface area contributed by atoms with Gasteiger partial charge >= 0.3 is 5.69 Å². The highest BCUT2D eigenvalue weighted by molar-refractivity contribution is 5.96. The zero-order valence-corrected chi connectivity index (χ0v) is 11.2. The molecule has 0 amide bonds. The molecule has 0 N–H and O–H groups in total. The van der Waals surface area contributed by atoms with Crippen molar-refractivity contribution in [1.82, 2.24) is 14.3 Å². The molecule has 110 valence electrons. The van der Waals surface area contributed by atoms with E-state index < -0.39 is 17.4 Å². The van der Waals surface area contributed by atoms with Crippen LogP contribution in [0.5, 0.6) is 0 Å². The maximum absolute atomic E-state index is 13.5. The van der Waals surface area contributed by atoms with Crippen molar-refractivity contribution < 1.29 is 13.6 Å². The predicted octanol–water partition coefficient (Wildman–Crippen LogP) is 1.54. The number of nitrogens with zero attached hydrogens (tertiary/aromatic N) is 3. The third-order valence-corrected chi connectivity index (χ3v) is 3.55. The minimum atomic E-state index is -0.807. The first-order chi connectivity index (χ1) is 10.1. The molecule has 0 radical (unpaired) electrons. The molecule has 0 saturated carbocycles. The summed E-state index contributed by atoms with van der Waals surface area (Å²) in [4.78, 5) is 24.1. The van der Waals surface area contributed by atoms with Gasteiger partial charge in [-0.25, -0.2) is 18.3 Å². The van der Waals surface area contributed by atoms with Gasteiger partial charge in [0, 0.05) is 13.0 Å². The average Bonchev–Trinajstić information content (AvgIpc) is 2.78. The summed E-state index contributed by atoms with van der Waals surface area (Å²) in [5.41, 5.74) is -0.747. The summed E-state index contributed by atoms with van der Waals surface area (Å²) in [6.45, 7) is 0.190. The number of ketones is 1. The number of hydrogen-bond donors (Lipinski definition) is 0. The first kappa shape index (κ1) is 13.7. The molecule has 5 nitrogen and oxygen atoms in total. The molecule has 0 saturated heterocycles. The molecule has 0 bridgehead atoms. The molecule has 1 aliphatic heterocycles. The molecule has 7 heteroatoms. The minimum absolute atomic E-state index is 0.368. The van der Waals surface area contributed by atoms with E-state index in [1.165, 1.54) is 4.57 Å². The van der Waals surface area contributed by atoms with Gasteiger partial charge in [-0.2, -0.15) is 5.10 Å². The Morgan fingerprint density at radius 3 is 2.86 bits per heavy atom. The van der Waals surface area contributed by atoms with Gasteiger partial charge in [0.1, 0.15) is 24.0 Å². The normalized spacial score (nSPS) is 14.0. The smallest absolute Gasteiger partial charge is 0.292 e. The number of fused-ring (bicyclic) bond motifs is 1. The summed E-state index contributed by atoms with van der Waals surface area (Å²) < 4.78 is 29.2. The lowest BCUT2D eigenvalue weighted by Gasteiger charge is -2.09. The summed E-state index contributed by atoms with van der Waals surface area (Å²) >= 11 is 0. The summed E-state index contributed by atoms with van der Waals surface area (Å²) in [7, 11) is 0. The molecule has 1 aromatic carbocycles. The molecule has 0 spiro atoms. The van der Waals surface area contributed by atoms with Crippen molar-refractivity contribution in [3.63, 3.8) is 0 Å². The second-order valence-electron chi connectivity index (χ2n) is 5.01. The van der Waals surface area contributed by atoms with Crippen molar-refractivity contribution in [1.29, 1.82) is 0 Å². The van der Waals surface area contributed by atoms with E-state index in [9.17, 15) is 18.4 Å². The highest BCUT2D eigenvalue weighted by Crippen LogP contribution is 2.12. The van der Waals surface area contributed by atoms with Crippen molar-refractivity contribution >= 4 is 5.78 Å². The second kappa shape index (κ2) is 5.23. The Kier molecular flexibility index (Phi) is 3.40. The Morgan fingerprint density at radius 2 is 2.10 bits per heavy atom. The van der Waals surface area contributed by atoms with Gasteiger partial charge in [0.15, 0.2) is 5.78 Å². The number of benzene rings is 1. The number of Topliss-reactive ketones (excluding diaryl/α,β-unsaturated/α-hetero) is 1. The number of halogens is 2. The van der Waals surface area contributed by atoms with Crippen LogP contribution in [0, 0.1) is 11.6 Å². The second-order valence-corrected chi connectivity index (χ2v) is 5.01. The van der Waals surface area contributed by atoms with Crippen LogP contribution in [0.3, 0.4) is 0 Å². The van der Waals surface area contributed by atoms with Crippen molar-refractivity contribution in [3.8, 4) is 0 Å². The maximum Gasteiger partial charge on any atom is 0.346 e. The van der Waals surface area contributed by atoms with Crippen LogP contribution in [0.1, 0.15) is 29.0 Å². The monoisotopic (exact) mass is 293 g/mol. The fourth-order valence-corrected chi connectivity index (χ4v) is 2.48. The van der Waals surface area contributed by atoms with E-state index >= 15 is 0 Å². The Labute approximate surface area is 118 Å². The Hall–Kier alpha value is -2.31. The van der Waals surface area contributed by atoms with Crippen LogP contribution in [0.4, 0.5) is 8.78 Å². The van der Waals surface area contributed by atoms with Gasteiger partial charge in [0.05, 0.1) is 5.56 Å². The SMILES string of the molecule is O=C(Cn1nc2n(c1=O)CCCC2)c1cc(F)ccc1F. The first-order valence-corrected chi connectivity index (χ1v) is 6.71. The summed E-state index contributed by atoms with van der Waals surface area (Å²) in [5, 5.41) is 4.10. The van der Waals surface area contributed by atoms with E-state index in [4.69, 9.17) is 0 Å². The zero-order valence-electron chi connectivity index (χ0n) is 11.2. The van der Waals surface area contributed by atoms with Crippen LogP contribution in [-0.4, -0.2) is 20.1 Å². The van der Waals surface area contributed by atoms with Crippen LogP contribution in [0.2, 0.25) is 0 Å². The van der Waals surface area contributed by atoms with Gasteiger partial charge in [-0.05, 0) is 31.0 Å². The predicted molar refractivity (Wildman–Crippen MR) is 70.1 cm³/mol. The number of rotatable bonds is 3. The molecule has 2 aromatic rings. The van der Waals surface area contributed by atoms with Gasteiger partial charge in [-0.1, -0.05) is 0 Å². The fraction of sp³-hybridized carbons (Fsp3) is 0.357. The van der Waals surface area contributed by atoms with Gasteiger partial charge in [0.25, 0.3) is 0 Å². The highest BCUT2D eigenvalue weighted by Gasteiger charge is 2.20. The Bertz CT molecular complexity index is 764. The van der Waals surface area contributed by atoms with Crippen LogP contribution >= 0.6 is 0 Å². The van der Waals surface area contributed by atoms with E-state index in [2.05, 4.69) is 5.10 Å². The molecular weight excluding hydrogens is 280 g/mol. The molecule has 0 unspecified atom stereocenters. The molecule has 0 atom stereocenters. The van der Waals surface area contributed by atoms with Gasteiger partial charge in [-0.3, -0.25) is 9.36 Å². The average molecular weight is 293 g/mol. The quantitative estimate of drug-likeness (QED) is 0.807. The van der Waals surface area contributed by atoms with E-state index in [-0.39, 0.29) is 17.8 Å². The topological polar surface area (TPSA) is 56.9 Å². The largest absolute Gasteiger partial charge is 0.346 e. The number of aromatic nitrogens is 3. The van der Waals surface area contributed by atoms with E-state index in [1.807, 2.05) is 0 Å². The number of carbonyl (C=O) groups excluding carboxylic acids is 1. The van der Waals surface area contributed by atoms with Gasteiger partial charge in [0.2, 0.25) is 0 Å². The van der Waals surface area contributed by atoms with Crippen molar-refractivity contribution in [2.24, 2.45) is 0 Å². The number of hydrogen-bond acceptors (Lipinski definition) is 3. The van der Waals surface area contributed by atoms with Crippen LogP contribution in [0.25, 0.3) is 0 Å². The van der Waals surface area contributed by atoms with Crippen LogP contribution < -0.4 is 5.69 Å². The summed E-state index contributed by atoms with van der Waals surface area (Å²) in [6.07, 6.45) is 2.53. The Balaban J connectivity index is 1.90. The van der Waals surface area contributed by atoms with Crippen LogP contribution in [0.15, 0.2) is 23.0 Å². The van der Waals surface area contributed by atoms with Crippen molar-refractivity contribution in [3.05, 3.63) is 51.7 Å². The molecule has 3 rings (SSSR count). The molecule has 0 aliphatic carbocycles. The fourth-order valence-electron chi connectivity index (χ4n) is 2.48. The van der Waals surface area contributed by atoms with E-state index in [0.717, 1.165) is 35.7 Å². The zero-order chi connectivity index (χ0) is 15.0. The molecular formula is C14H13F2N3O2. The molecule has 1 aliphatic rings.